The number of nitrogens with one attached hydrogen (secondary N) is 1. The smallest absolute Gasteiger partial charge is 0.424 e. The maximum Gasteiger partial charge on any atom is 0.522 e. The molecular weight excluding hydrogens is 339 g/mol. The van der Waals surface area contributed by atoms with E-state index in [1.807, 2.05) is 0 Å². The predicted octanol–water partition coefficient (Wildman–Crippen LogP) is 3.19. The minimum atomic E-state index is -4.61. The fraction of sp³-hybridized carbons (Fsp3) is 0.812. The second-order valence-corrected chi connectivity index (χ2v) is 7.05. The molecule has 2 unspecified atom stereocenters. The zero-order valence-electron chi connectivity index (χ0n) is 14.0. The van der Waals surface area contributed by atoms with Crippen molar-refractivity contribution in [2.75, 3.05) is 0 Å². The van der Waals surface area contributed by atoms with Crippen LogP contribution in [0.15, 0.2) is 4.42 Å². The normalized spacial score (nSPS) is 32.4. The number of nitrogens with zero attached hydrogens (tertiary/aromatic N) is 2. The van der Waals surface area contributed by atoms with Crippen LogP contribution >= 0.6 is 0 Å². The van der Waals surface area contributed by atoms with E-state index in [9.17, 15) is 18.0 Å². The summed E-state index contributed by atoms with van der Waals surface area (Å²) in [6.07, 6.45) is -0.0171. The summed E-state index contributed by atoms with van der Waals surface area (Å²) < 4.78 is 46.4. The van der Waals surface area contributed by atoms with Gasteiger partial charge in [0.2, 0.25) is 18.2 Å². The van der Waals surface area contributed by atoms with Crippen LogP contribution in [0.5, 0.6) is 0 Å². The van der Waals surface area contributed by atoms with Gasteiger partial charge in [0, 0.05) is 12.0 Å². The molecule has 2 aliphatic rings. The standard InChI is InChI=1S/C16H22F3N3O3/c1-2-4-15(5-3-11(8-15)20-9-23)14-22-21-13(24-14)10-6-12(7-10)25-16(17,18)19/h9-12H,2-8H2,1H3,(H,20,23). The van der Waals surface area contributed by atoms with E-state index in [4.69, 9.17) is 4.42 Å². The molecule has 1 aromatic rings. The van der Waals surface area contributed by atoms with E-state index in [0.29, 0.717) is 18.2 Å². The molecular formula is C16H22F3N3O3. The van der Waals surface area contributed by atoms with Crippen LogP contribution in [0.3, 0.4) is 0 Å². The summed E-state index contributed by atoms with van der Waals surface area (Å²) in [5.41, 5.74) is -0.258. The Labute approximate surface area is 143 Å². The second kappa shape index (κ2) is 6.93. The number of hydrogen-bond acceptors (Lipinski definition) is 5. The molecule has 6 nitrogen and oxygen atoms in total. The highest BCUT2D eigenvalue weighted by Crippen LogP contribution is 2.46. The van der Waals surface area contributed by atoms with Crippen LogP contribution in [-0.2, 0) is 14.9 Å². The molecule has 3 rings (SSSR count). The molecule has 140 valence electrons. The zero-order valence-corrected chi connectivity index (χ0v) is 14.0. The van der Waals surface area contributed by atoms with Gasteiger partial charge >= 0.3 is 6.36 Å². The van der Waals surface area contributed by atoms with Crippen molar-refractivity contribution in [1.82, 2.24) is 15.5 Å². The highest BCUT2D eigenvalue weighted by Gasteiger charge is 2.46. The van der Waals surface area contributed by atoms with Crippen LogP contribution in [0.2, 0.25) is 0 Å². The third-order valence-electron chi connectivity index (χ3n) is 5.28. The van der Waals surface area contributed by atoms with Crippen molar-refractivity contribution < 1.29 is 27.1 Å². The summed E-state index contributed by atoms with van der Waals surface area (Å²) in [5.74, 6) is 0.747. The van der Waals surface area contributed by atoms with Crippen LogP contribution in [0.1, 0.15) is 69.6 Å². The number of alkyl halides is 3. The summed E-state index contributed by atoms with van der Waals surface area (Å²) in [7, 11) is 0. The molecule has 2 fully saturated rings. The largest absolute Gasteiger partial charge is 0.522 e. The third-order valence-corrected chi connectivity index (χ3v) is 5.28. The summed E-state index contributed by atoms with van der Waals surface area (Å²) >= 11 is 0. The van der Waals surface area contributed by atoms with Gasteiger partial charge < -0.3 is 9.73 Å². The maximum atomic E-state index is 12.2. The van der Waals surface area contributed by atoms with E-state index in [0.717, 1.165) is 32.1 Å². The van der Waals surface area contributed by atoms with Gasteiger partial charge in [0.05, 0.1) is 11.5 Å². The van der Waals surface area contributed by atoms with Crippen LogP contribution in [0.4, 0.5) is 13.2 Å². The molecule has 0 aromatic carbocycles. The van der Waals surface area contributed by atoms with Gasteiger partial charge in [0.1, 0.15) is 0 Å². The van der Waals surface area contributed by atoms with Crippen molar-refractivity contribution in [3.05, 3.63) is 11.8 Å². The van der Waals surface area contributed by atoms with Crippen LogP contribution in [-0.4, -0.2) is 35.1 Å². The van der Waals surface area contributed by atoms with Gasteiger partial charge in [-0.15, -0.1) is 23.4 Å². The SMILES string of the molecule is CCCC1(c2nnc(C3CC(OC(F)(F)F)C3)o2)CCC(NC=O)C1. The van der Waals surface area contributed by atoms with E-state index in [1.54, 1.807) is 0 Å². The van der Waals surface area contributed by atoms with Crippen LogP contribution in [0.25, 0.3) is 0 Å². The molecule has 25 heavy (non-hydrogen) atoms. The lowest BCUT2D eigenvalue weighted by atomic mass is 9.81. The number of aromatic nitrogens is 2. The van der Waals surface area contributed by atoms with Crippen molar-refractivity contribution in [1.29, 1.82) is 0 Å². The number of carbonyl (C=O) groups is 1. The number of rotatable bonds is 7. The van der Waals surface area contributed by atoms with Crippen molar-refractivity contribution in [3.8, 4) is 0 Å². The quantitative estimate of drug-likeness (QED) is 0.755. The molecule has 0 bridgehead atoms. The number of amides is 1. The molecule has 2 aliphatic carbocycles. The van der Waals surface area contributed by atoms with Gasteiger partial charge in [-0.05, 0) is 38.5 Å². The Morgan fingerprint density at radius 1 is 1.40 bits per heavy atom. The van der Waals surface area contributed by atoms with Crippen molar-refractivity contribution in [2.24, 2.45) is 0 Å². The fourth-order valence-electron chi connectivity index (χ4n) is 4.04. The molecule has 2 atom stereocenters. The minimum absolute atomic E-state index is 0.0904. The van der Waals surface area contributed by atoms with E-state index in [-0.39, 0.29) is 30.2 Å². The Hall–Kier alpha value is -1.64. The Bertz CT molecular complexity index is 601. The Balaban J connectivity index is 1.65. The number of hydrogen-bond donors (Lipinski definition) is 1. The van der Waals surface area contributed by atoms with Crippen molar-refractivity contribution >= 4 is 6.41 Å². The lowest BCUT2D eigenvalue weighted by Gasteiger charge is -2.33. The van der Waals surface area contributed by atoms with Gasteiger partial charge in [-0.25, -0.2) is 0 Å². The molecule has 0 saturated heterocycles. The van der Waals surface area contributed by atoms with Gasteiger partial charge in [0.25, 0.3) is 0 Å². The van der Waals surface area contributed by atoms with E-state index >= 15 is 0 Å². The molecule has 0 aliphatic heterocycles. The molecule has 1 heterocycles. The summed E-state index contributed by atoms with van der Waals surface area (Å²) in [6, 6.07) is 0.0904. The third kappa shape index (κ3) is 3.96. The van der Waals surface area contributed by atoms with E-state index in [1.165, 1.54) is 0 Å². The predicted molar refractivity (Wildman–Crippen MR) is 80.6 cm³/mol. The first-order valence-electron chi connectivity index (χ1n) is 8.63. The Kier molecular flexibility index (Phi) is 5.04. The Morgan fingerprint density at radius 3 is 2.80 bits per heavy atom. The fourth-order valence-corrected chi connectivity index (χ4v) is 4.04. The minimum Gasteiger partial charge on any atom is -0.424 e. The van der Waals surface area contributed by atoms with E-state index < -0.39 is 12.5 Å². The summed E-state index contributed by atoms with van der Waals surface area (Å²) in [6.45, 7) is 2.07. The number of carbonyl (C=O) groups excluding carboxylic acids is 1. The van der Waals surface area contributed by atoms with Gasteiger partial charge in [-0.2, -0.15) is 0 Å². The molecule has 1 aromatic heterocycles. The molecule has 0 radical (unpaired) electrons. The summed E-state index contributed by atoms with van der Waals surface area (Å²) in [4.78, 5) is 10.7. The molecule has 0 spiro atoms. The molecule has 1 N–H and O–H groups in total. The molecule has 9 heteroatoms. The van der Waals surface area contributed by atoms with Gasteiger partial charge in [0.15, 0.2) is 0 Å². The summed E-state index contributed by atoms with van der Waals surface area (Å²) in [5, 5.41) is 11.1. The Morgan fingerprint density at radius 2 is 2.16 bits per heavy atom. The van der Waals surface area contributed by atoms with Gasteiger partial charge in [-0.3, -0.25) is 9.53 Å². The van der Waals surface area contributed by atoms with Crippen molar-refractivity contribution in [2.45, 2.75) is 81.7 Å². The number of halogens is 3. The molecule has 2 saturated carbocycles. The average Bonchev–Trinajstić information content (AvgIpc) is 3.10. The average molecular weight is 361 g/mol. The van der Waals surface area contributed by atoms with Gasteiger partial charge in [-0.1, -0.05) is 13.3 Å². The first kappa shape index (κ1) is 18.2. The monoisotopic (exact) mass is 361 g/mol. The molecule has 1 amide bonds. The van der Waals surface area contributed by atoms with E-state index in [2.05, 4.69) is 27.2 Å². The maximum absolute atomic E-state index is 12.2. The zero-order chi connectivity index (χ0) is 18.1. The van der Waals surface area contributed by atoms with Crippen molar-refractivity contribution in [3.63, 3.8) is 0 Å². The number of ether oxygens (including phenoxy) is 1. The highest BCUT2D eigenvalue weighted by molar-refractivity contribution is 5.47. The van der Waals surface area contributed by atoms with Crippen LogP contribution < -0.4 is 5.32 Å². The lowest BCUT2D eigenvalue weighted by Crippen LogP contribution is -2.34. The topological polar surface area (TPSA) is 77.2 Å². The highest BCUT2D eigenvalue weighted by atomic mass is 19.4. The second-order valence-electron chi connectivity index (χ2n) is 7.05. The van der Waals surface area contributed by atoms with Crippen LogP contribution in [0, 0.1) is 0 Å². The first-order chi connectivity index (χ1) is 11.8. The first-order valence-corrected chi connectivity index (χ1v) is 8.63. The lowest BCUT2D eigenvalue weighted by molar-refractivity contribution is -0.352.